The molecule has 0 aromatic heterocycles. The van der Waals surface area contributed by atoms with Crippen molar-refractivity contribution in [2.45, 2.75) is 110 Å². The maximum Gasteiger partial charge on any atom is 0.407 e. The third-order valence-electron chi connectivity index (χ3n) is 3.15. The zero-order valence-electron chi connectivity index (χ0n) is 15.6. The predicted molar refractivity (Wildman–Crippen MR) is 132 cm³/mol. The van der Waals surface area contributed by atoms with E-state index < -0.39 is 30.4 Å². The number of aliphatic hydroxyl groups excluding tert-OH is 1. The number of nitrogens with one attached hydrogen (secondary N) is 1. The van der Waals surface area contributed by atoms with E-state index in [9.17, 15) is 14.7 Å². The number of carbonyl (C=O) groups excluding carboxylic acids is 2. The Balaban J connectivity index is -0.000000192. The minimum atomic E-state index is -0.588. The molecule has 0 aliphatic carbocycles. The number of esters is 1. The molecule has 0 fully saturated rings. The Bertz CT molecular complexity index is 417. The van der Waals surface area contributed by atoms with Gasteiger partial charge in [0.15, 0.2) is 6.79 Å². The zero-order chi connectivity index (χ0) is 19.2. The molecule has 0 radical (unpaired) electrons. The fourth-order valence-electron chi connectivity index (χ4n) is 1.97. The van der Waals surface area contributed by atoms with Crippen LogP contribution in [0.25, 0.3) is 0 Å². The van der Waals surface area contributed by atoms with Crippen molar-refractivity contribution < 1.29 is 33.6 Å². The maximum absolute atomic E-state index is 11.7. The molecule has 0 heterocycles. The van der Waals surface area contributed by atoms with Crippen LogP contribution in [0.3, 0.4) is 0 Å². The fourth-order valence-corrected chi connectivity index (χ4v) is 1.97. The topological polar surface area (TPSA) is 103 Å². The van der Waals surface area contributed by atoms with Gasteiger partial charge in [0, 0.05) is 26.3 Å². The summed E-state index contributed by atoms with van der Waals surface area (Å²) in [5.74, 6) is 0.121. The quantitative estimate of drug-likeness (QED) is 0.153. The van der Waals surface area contributed by atoms with Crippen molar-refractivity contribution in [3.63, 3.8) is 0 Å². The lowest BCUT2D eigenvalue weighted by atomic mass is 10.0. The van der Waals surface area contributed by atoms with Gasteiger partial charge in [-0.25, -0.2) is 4.79 Å². The van der Waals surface area contributed by atoms with Gasteiger partial charge < -0.3 is 29.4 Å². The number of allylic oxidation sites excluding steroid dienone is 1. The summed E-state index contributed by atoms with van der Waals surface area (Å²) in [7, 11) is 0. The van der Waals surface area contributed by atoms with Gasteiger partial charge in [-0.05, 0) is 20.3 Å². The van der Waals surface area contributed by atoms with Crippen LogP contribution >= 0.6 is 0 Å². The Labute approximate surface area is 193 Å². The van der Waals surface area contributed by atoms with Crippen LogP contribution in [0.15, 0.2) is 12.3 Å². The van der Waals surface area contributed by atoms with Gasteiger partial charge in [0.25, 0.3) is 0 Å². The van der Waals surface area contributed by atoms with E-state index in [1.807, 2.05) is 6.92 Å². The molecular formula is C23H55NO7. The van der Waals surface area contributed by atoms with E-state index in [1.54, 1.807) is 13.8 Å². The number of aliphatic hydroxyl groups is 1. The first kappa shape index (κ1) is 47.1. The smallest absolute Gasteiger partial charge is 0.407 e. The number of amides is 1. The Morgan fingerprint density at radius 2 is 1.55 bits per heavy atom. The highest BCUT2D eigenvalue weighted by atomic mass is 16.7. The number of hydrogen-bond donors (Lipinski definition) is 2. The highest BCUT2D eigenvalue weighted by molar-refractivity contribution is 5.67. The van der Waals surface area contributed by atoms with Gasteiger partial charge in [-0.2, -0.15) is 0 Å². The van der Waals surface area contributed by atoms with E-state index >= 15 is 0 Å². The van der Waals surface area contributed by atoms with Crippen molar-refractivity contribution >= 4 is 12.1 Å². The minimum absolute atomic E-state index is 0. The maximum atomic E-state index is 11.7. The van der Waals surface area contributed by atoms with Crippen LogP contribution < -0.4 is 5.32 Å². The Kier molecular flexibility index (Phi) is 42.9. The van der Waals surface area contributed by atoms with Crippen molar-refractivity contribution in [2.75, 3.05) is 19.9 Å². The molecule has 0 rings (SSSR count). The summed E-state index contributed by atoms with van der Waals surface area (Å²) < 4.78 is 20.5. The fraction of sp³-hybridized carbons (Fsp3) is 0.826. The van der Waals surface area contributed by atoms with Crippen molar-refractivity contribution in [1.82, 2.24) is 5.32 Å². The molecule has 194 valence electrons. The Morgan fingerprint density at radius 1 is 1.00 bits per heavy atom. The zero-order valence-corrected chi connectivity index (χ0v) is 15.6. The van der Waals surface area contributed by atoms with Crippen LogP contribution in [0.1, 0.15) is 91.5 Å². The summed E-state index contributed by atoms with van der Waals surface area (Å²) in [5, 5.41) is 12.3. The molecule has 3 unspecified atom stereocenters. The molecular weight excluding hydrogens is 402 g/mol. The lowest BCUT2D eigenvalue weighted by Crippen LogP contribution is -2.33. The molecule has 0 aliphatic heterocycles. The SMILES string of the molecule is C.C.C.C.C.C.C=C(C)OCOCCNC(=O)OC(C)CC(CC(O)CC)OC(C)=O. The van der Waals surface area contributed by atoms with Crippen LogP contribution in [0.4, 0.5) is 4.79 Å². The van der Waals surface area contributed by atoms with E-state index in [0.717, 1.165) is 0 Å². The number of ether oxygens (including phenoxy) is 4. The number of alkyl carbamates (subject to hydrolysis) is 1. The normalized spacial score (nSPS) is 11.4. The second-order valence-corrected chi connectivity index (χ2v) is 5.78. The van der Waals surface area contributed by atoms with E-state index in [-0.39, 0.29) is 64.5 Å². The van der Waals surface area contributed by atoms with Crippen LogP contribution in [-0.4, -0.2) is 55.4 Å². The first-order chi connectivity index (χ1) is 11.7. The summed E-state index contributed by atoms with van der Waals surface area (Å²) in [6, 6.07) is 0. The molecule has 0 aromatic rings. The van der Waals surface area contributed by atoms with Gasteiger partial charge in [-0.1, -0.05) is 58.1 Å². The minimum Gasteiger partial charge on any atom is -0.473 e. The van der Waals surface area contributed by atoms with Gasteiger partial charge in [-0.3, -0.25) is 4.79 Å². The van der Waals surface area contributed by atoms with Crippen molar-refractivity contribution in [2.24, 2.45) is 0 Å². The van der Waals surface area contributed by atoms with Crippen molar-refractivity contribution in [1.29, 1.82) is 0 Å². The number of rotatable bonds is 13. The summed E-state index contributed by atoms with van der Waals surface area (Å²) in [6.45, 7) is 10.7. The molecule has 31 heavy (non-hydrogen) atoms. The van der Waals surface area contributed by atoms with Gasteiger partial charge in [0.05, 0.1) is 18.5 Å². The summed E-state index contributed by atoms with van der Waals surface area (Å²) in [6.07, 6.45) is -0.949. The average Bonchev–Trinajstić information content (AvgIpc) is 2.49. The molecule has 0 saturated carbocycles. The van der Waals surface area contributed by atoms with Gasteiger partial charge in [-0.15, -0.1) is 0 Å². The monoisotopic (exact) mass is 457 g/mol. The van der Waals surface area contributed by atoms with Crippen LogP contribution in [-0.2, 0) is 23.7 Å². The predicted octanol–water partition coefficient (Wildman–Crippen LogP) is 5.92. The summed E-state index contributed by atoms with van der Waals surface area (Å²) in [5.41, 5.74) is 0. The second-order valence-electron chi connectivity index (χ2n) is 5.78. The molecule has 0 aromatic carbocycles. The number of carbonyl (C=O) groups is 2. The molecule has 0 saturated heterocycles. The highest BCUT2D eigenvalue weighted by Crippen LogP contribution is 2.14. The second kappa shape index (κ2) is 28.2. The standard InChI is InChI=1S/C17H31NO7.6CH4/c1-6-15(20)10-16(25-14(5)19)9-13(4)24-17(21)18-7-8-22-11-23-12(2)3;;;;;;/h13,15-16,20H,2,6-11H2,1,3-5H3,(H,18,21);6*1H4. The Hall–Kier alpha value is -1.80. The van der Waals surface area contributed by atoms with E-state index in [2.05, 4.69) is 11.9 Å². The lowest BCUT2D eigenvalue weighted by molar-refractivity contribution is -0.149. The summed E-state index contributed by atoms with van der Waals surface area (Å²) in [4.78, 5) is 22.8. The third-order valence-corrected chi connectivity index (χ3v) is 3.15. The van der Waals surface area contributed by atoms with E-state index in [0.29, 0.717) is 25.0 Å². The van der Waals surface area contributed by atoms with Crippen LogP contribution in [0.2, 0.25) is 0 Å². The molecule has 3 atom stereocenters. The van der Waals surface area contributed by atoms with Crippen molar-refractivity contribution in [3.8, 4) is 0 Å². The summed E-state index contributed by atoms with van der Waals surface area (Å²) >= 11 is 0. The largest absolute Gasteiger partial charge is 0.473 e. The lowest BCUT2D eigenvalue weighted by Gasteiger charge is -2.23. The average molecular weight is 458 g/mol. The number of hydrogen-bond acceptors (Lipinski definition) is 7. The van der Waals surface area contributed by atoms with Crippen molar-refractivity contribution in [3.05, 3.63) is 12.3 Å². The first-order valence-electron chi connectivity index (χ1n) is 8.40. The molecule has 0 bridgehead atoms. The van der Waals surface area contributed by atoms with Gasteiger partial charge in [0.2, 0.25) is 0 Å². The van der Waals surface area contributed by atoms with Crippen LogP contribution in [0, 0.1) is 0 Å². The van der Waals surface area contributed by atoms with Gasteiger partial charge >= 0.3 is 12.1 Å². The molecule has 8 heteroatoms. The molecule has 0 spiro atoms. The molecule has 2 N–H and O–H groups in total. The van der Waals surface area contributed by atoms with Crippen LogP contribution in [0.5, 0.6) is 0 Å². The van der Waals surface area contributed by atoms with Gasteiger partial charge in [0.1, 0.15) is 12.2 Å². The molecule has 0 aliphatic rings. The first-order valence-corrected chi connectivity index (χ1v) is 8.40. The highest BCUT2D eigenvalue weighted by Gasteiger charge is 2.21. The molecule has 1 amide bonds. The van der Waals surface area contributed by atoms with E-state index in [4.69, 9.17) is 18.9 Å². The molecule has 8 nitrogen and oxygen atoms in total. The third kappa shape index (κ3) is 30.5. The van der Waals surface area contributed by atoms with E-state index in [1.165, 1.54) is 6.92 Å². The Morgan fingerprint density at radius 3 is 2.00 bits per heavy atom.